The lowest BCUT2D eigenvalue weighted by Gasteiger charge is -2.17. The molecule has 0 aliphatic carbocycles. The van der Waals surface area contributed by atoms with Crippen molar-refractivity contribution in [2.45, 2.75) is 24.0 Å². The van der Waals surface area contributed by atoms with Gasteiger partial charge in [-0.1, -0.05) is 0 Å². The van der Waals surface area contributed by atoms with Crippen molar-refractivity contribution in [1.29, 1.82) is 0 Å². The number of carboxylic acid groups (broad SMARTS) is 1. The molecule has 0 fully saturated rings. The van der Waals surface area contributed by atoms with Crippen molar-refractivity contribution in [2.24, 2.45) is 0 Å². The molecule has 7 nitrogen and oxygen atoms in total. The summed E-state index contributed by atoms with van der Waals surface area (Å²) in [5.74, 6) is -2.07. The van der Waals surface area contributed by atoms with E-state index in [1.165, 1.54) is 31.2 Å². The zero-order chi connectivity index (χ0) is 15.5. The van der Waals surface area contributed by atoms with Gasteiger partial charge in [0.25, 0.3) is 5.91 Å². The first-order valence-corrected chi connectivity index (χ1v) is 7.54. The smallest absolute Gasteiger partial charge is 0.328 e. The molecule has 8 heteroatoms. The van der Waals surface area contributed by atoms with Gasteiger partial charge in [-0.05, 0) is 31.2 Å². The van der Waals surface area contributed by atoms with E-state index in [1.54, 1.807) is 0 Å². The fourth-order valence-electron chi connectivity index (χ4n) is 1.47. The molecule has 2 atom stereocenters. The first kappa shape index (κ1) is 16.1. The number of hydrogen-bond acceptors (Lipinski definition) is 5. The average Bonchev–Trinajstić information content (AvgIpc) is 2.34. The van der Waals surface area contributed by atoms with E-state index in [-0.39, 0.29) is 10.5 Å². The zero-order valence-corrected chi connectivity index (χ0v) is 11.7. The second kappa shape index (κ2) is 6.02. The molecule has 0 spiro atoms. The molecule has 20 heavy (non-hydrogen) atoms. The summed E-state index contributed by atoms with van der Waals surface area (Å²) >= 11 is 0. The van der Waals surface area contributed by atoms with Crippen LogP contribution in [0.3, 0.4) is 0 Å². The van der Waals surface area contributed by atoms with Gasteiger partial charge in [0.15, 0.2) is 15.9 Å². The van der Waals surface area contributed by atoms with Crippen LogP contribution < -0.4 is 5.32 Å². The molecule has 0 heterocycles. The molecule has 0 aromatic heterocycles. The van der Waals surface area contributed by atoms with E-state index in [2.05, 4.69) is 5.32 Å². The van der Waals surface area contributed by atoms with Gasteiger partial charge in [-0.15, -0.1) is 0 Å². The molecular weight excluding hydrogens is 286 g/mol. The van der Waals surface area contributed by atoms with E-state index in [1.807, 2.05) is 0 Å². The van der Waals surface area contributed by atoms with E-state index in [0.29, 0.717) is 0 Å². The van der Waals surface area contributed by atoms with Crippen LogP contribution in [-0.2, 0) is 14.6 Å². The number of carbonyl (C=O) groups is 2. The number of aliphatic hydroxyl groups is 1. The van der Waals surface area contributed by atoms with Crippen LogP contribution in [0.15, 0.2) is 29.2 Å². The lowest BCUT2D eigenvalue weighted by molar-refractivity contribution is -0.141. The molecule has 1 aromatic carbocycles. The van der Waals surface area contributed by atoms with Crippen LogP contribution >= 0.6 is 0 Å². The van der Waals surface area contributed by atoms with Gasteiger partial charge in [-0.25, -0.2) is 13.2 Å². The van der Waals surface area contributed by atoms with E-state index in [0.717, 1.165) is 6.26 Å². The minimum atomic E-state index is -3.36. The Morgan fingerprint density at radius 2 is 1.70 bits per heavy atom. The summed E-state index contributed by atoms with van der Waals surface area (Å²) in [5, 5.41) is 20.2. The molecule has 0 radical (unpaired) electrons. The fourth-order valence-corrected chi connectivity index (χ4v) is 2.10. The third kappa shape index (κ3) is 4.04. The molecule has 1 aromatic rings. The molecule has 0 bridgehead atoms. The third-order valence-corrected chi connectivity index (χ3v) is 3.71. The number of nitrogens with one attached hydrogen (secondary N) is 1. The van der Waals surface area contributed by atoms with Crippen molar-refractivity contribution in [1.82, 2.24) is 5.32 Å². The van der Waals surface area contributed by atoms with Crippen LogP contribution in [0.2, 0.25) is 0 Å². The maximum atomic E-state index is 11.8. The molecule has 0 aliphatic heterocycles. The van der Waals surface area contributed by atoms with Crippen LogP contribution in [0.5, 0.6) is 0 Å². The van der Waals surface area contributed by atoms with Crippen molar-refractivity contribution in [3.63, 3.8) is 0 Å². The van der Waals surface area contributed by atoms with Crippen molar-refractivity contribution in [2.75, 3.05) is 6.26 Å². The molecule has 1 amide bonds. The average molecular weight is 301 g/mol. The number of rotatable bonds is 5. The van der Waals surface area contributed by atoms with Crippen LogP contribution in [0.25, 0.3) is 0 Å². The Balaban J connectivity index is 2.91. The summed E-state index contributed by atoms with van der Waals surface area (Å²) < 4.78 is 22.5. The SMILES string of the molecule is CC(O)C(NC(=O)c1ccc(S(C)(=O)=O)cc1)C(=O)O. The summed E-state index contributed by atoms with van der Waals surface area (Å²) in [4.78, 5) is 22.7. The summed E-state index contributed by atoms with van der Waals surface area (Å²) in [6.45, 7) is 1.24. The number of carbonyl (C=O) groups excluding carboxylic acids is 1. The Bertz CT molecular complexity index is 605. The van der Waals surface area contributed by atoms with Crippen molar-refractivity contribution >= 4 is 21.7 Å². The van der Waals surface area contributed by atoms with Crippen molar-refractivity contribution in [3.8, 4) is 0 Å². The van der Waals surface area contributed by atoms with E-state index < -0.39 is 33.9 Å². The van der Waals surface area contributed by atoms with Gasteiger partial charge in [-0.3, -0.25) is 4.79 Å². The molecule has 2 unspecified atom stereocenters. The number of sulfone groups is 1. The number of amides is 1. The number of aliphatic hydroxyl groups excluding tert-OH is 1. The van der Waals surface area contributed by atoms with Gasteiger partial charge in [0.05, 0.1) is 11.0 Å². The van der Waals surface area contributed by atoms with Crippen LogP contribution in [0.4, 0.5) is 0 Å². The summed E-state index contributed by atoms with van der Waals surface area (Å²) in [6.07, 6.45) is -0.220. The molecular formula is C12H15NO6S. The van der Waals surface area contributed by atoms with Crippen LogP contribution in [0, 0.1) is 0 Å². The van der Waals surface area contributed by atoms with Gasteiger partial charge in [0.1, 0.15) is 0 Å². The van der Waals surface area contributed by atoms with Crippen molar-refractivity contribution in [3.05, 3.63) is 29.8 Å². The molecule has 0 saturated carbocycles. The highest BCUT2D eigenvalue weighted by atomic mass is 32.2. The van der Waals surface area contributed by atoms with Crippen LogP contribution in [-0.4, -0.2) is 48.9 Å². The Hall–Kier alpha value is -1.93. The quantitative estimate of drug-likeness (QED) is 0.684. The Labute approximate surface area is 116 Å². The molecule has 0 aliphatic rings. The first-order chi connectivity index (χ1) is 9.12. The number of benzene rings is 1. The Morgan fingerprint density at radius 1 is 1.20 bits per heavy atom. The Morgan fingerprint density at radius 3 is 2.05 bits per heavy atom. The molecule has 0 saturated heterocycles. The first-order valence-electron chi connectivity index (χ1n) is 5.65. The maximum absolute atomic E-state index is 11.8. The standard InChI is InChI=1S/C12H15NO6S/c1-7(14)10(12(16)17)13-11(15)8-3-5-9(6-4-8)20(2,18)19/h3-7,10,14H,1-2H3,(H,13,15)(H,16,17). The van der Waals surface area contributed by atoms with Gasteiger partial charge in [0, 0.05) is 11.8 Å². The van der Waals surface area contributed by atoms with E-state index in [9.17, 15) is 23.1 Å². The number of aliphatic carboxylic acids is 1. The zero-order valence-electron chi connectivity index (χ0n) is 10.9. The van der Waals surface area contributed by atoms with Gasteiger partial charge in [-0.2, -0.15) is 0 Å². The second-order valence-corrected chi connectivity index (χ2v) is 6.34. The van der Waals surface area contributed by atoms with Gasteiger partial charge >= 0.3 is 5.97 Å². The topological polar surface area (TPSA) is 121 Å². The molecule has 3 N–H and O–H groups in total. The highest BCUT2D eigenvalue weighted by Crippen LogP contribution is 2.10. The predicted molar refractivity (Wildman–Crippen MR) is 70.1 cm³/mol. The fraction of sp³-hybridized carbons (Fsp3) is 0.333. The lowest BCUT2D eigenvalue weighted by atomic mass is 10.1. The number of hydrogen-bond donors (Lipinski definition) is 3. The summed E-state index contributed by atoms with van der Waals surface area (Å²) in [6, 6.07) is 3.61. The minimum absolute atomic E-state index is 0.0550. The van der Waals surface area contributed by atoms with Crippen LogP contribution in [0.1, 0.15) is 17.3 Å². The summed E-state index contributed by atoms with van der Waals surface area (Å²) in [7, 11) is -3.36. The highest BCUT2D eigenvalue weighted by Gasteiger charge is 2.25. The maximum Gasteiger partial charge on any atom is 0.328 e. The van der Waals surface area contributed by atoms with Gasteiger partial charge < -0.3 is 15.5 Å². The third-order valence-electron chi connectivity index (χ3n) is 2.58. The predicted octanol–water partition coefficient (Wildman–Crippen LogP) is -0.346. The highest BCUT2D eigenvalue weighted by molar-refractivity contribution is 7.90. The largest absolute Gasteiger partial charge is 0.480 e. The van der Waals surface area contributed by atoms with E-state index in [4.69, 9.17) is 5.11 Å². The van der Waals surface area contributed by atoms with E-state index >= 15 is 0 Å². The molecule has 110 valence electrons. The molecule has 1 rings (SSSR count). The second-order valence-electron chi connectivity index (χ2n) is 4.33. The Kier molecular flexibility index (Phi) is 4.85. The minimum Gasteiger partial charge on any atom is -0.480 e. The van der Waals surface area contributed by atoms with Crippen molar-refractivity contribution < 1.29 is 28.2 Å². The monoisotopic (exact) mass is 301 g/mol. The lowest BCUT2D eigenvalue weighted by Crippen LogP contribution is -2.47. The number of carboxylic acids is 1. The normalized spacial score (nSPS) is 14.3. The summed E-state index contributed by atoms with van der Waals surface area (Å²) in [5.41, 5.74) is 0.101. The van der Waals surface area contributed by atoms with Gasteiger partial charge in [0.2, 0.25) is 0 Å².